The van der Waals surface area contributed by atoms with Crippen molar-refractivity contribution in [1.29, 1.82) is 0 Å². The average molecular weight is 358 g/mol. The summed E-state index contributed by atoms with van der Waals surface area (Å²) in [5.41, 5.74) is 5.66. The van der Waals surface area contributed by atoms with Gasteiger partial charge in [0.1, 0.15) is 0 Å². The molecule has 0 saturated heterocycles. The summed E-state index contributed by atoms with van der Waals surface area (Å²) in [4.78, 5) is 24.9. The first-order chi connectivity index (χ1) is 12.9. The summed E-state index contributed by atoms with van der Waals surface area (Å²) in [6.07, 6.45) is 0. The zero-order chi connectivity index (χ0) is 19.4. The van der Waals surface area contributed by atoms with Gasteiger partial charge in [0.15, 0.2) is 0 Å². The van der Waals surface area contributed by atoms with E-state index in [2.05, 4.69) is 10.6 Å². The van der Waals surface area contributed by atoms with Crippen molar-refractivity contribution in [3.8, 4) is 0 Å². The zero-order valence-electron chi connectivity index (χ0n) is 15.7. The Labute approximate surface area is 159 Å². The lowest BCUT2D eigenvalue weighted by atomic mass is 10.1. The second-order valence-electron chi connectivity index (χ2n) is 6.62. The molecule has 0 spiro atoms. The summed E-state index contributed by atoms with van der Waals surface area (Å²) in [6, 6.07) is 20.2. The summed E-state index contributed by atoms with van der Waals surface area (Å²) >= 11 is 0. The fourth-order valence-corrected chi connectivity index (χ4v) is 2.75. The number of amides is 2. The standard InChI is InChI=1S/C23H22N2O2/c1-15-8-9-17(3)21(14-15)25-23(27)19-12-10-18(11-13-19)22(26)24-20-7-5-4-6-16(20)2/h4-14H,1-3H3,(H,24,26)(H,25,27). The molecular weight excluding hydrogens is 336 g/mol. The molecule has 0 fully saturated rings. The predicted octanol–water partition coefficient (Wildman–Crippen LogP) is 5.12. The van der Waals surface area contributed by atoms with E-state index in [0.717, 1.165) is 28.1 Å². The highest BCUT2D eigenvalue weighted by atomic mass is 16.2. The summed E-state index contributed by atoms with van der Waals surface area (Å²) in [5, 5.41) is 5.81. The molecule has 4 nitrogen and oxygen atoms in total. The van der Waals surface area contributed by atoms with E-state index >= 15 is 0 Å². The van der Waals surface area contributed by atoms with Gasteiger partial charge in [0, 0.05) is 22.5 Å². The van der Waals surface area contributed by atoms with Crippen LogP contribution in [0.1, 0.15) is 37.4 Å². The quantitative estimate of drug-likeness (QED) is 0.680. The maximum atomic E-state index is 12.5. The van der Waals surface area contributed by atoms with Gasteiger partial charge in [0.25, 0.3) is 11.8 Å². The Hall–Kier alpha value is -3.40. The Morgan fingerprint density at radius 2 is 1.15 bits per heavy atom. The van der Waals surface area contributed by atoms with Gasteiger partial charge in [-0.3, -0.25) is 9.59 Å². The first-order valence-corrected chi connectivity index (χ1v) is 8.79. The van der Waals surface area contributed by atoms with E-state index in [9.17, 15) is 9.59 Å². The topological polar surface area (TPSA) is 58.2 Å². The molecule has 0 atom stereocenters. The average Bonchev–Trinajstić information content (AvgIpc) is 2.66. The highest BCUT2D eigenvalue weighted by molar-refractivity contribution is 6.07. The zero-order valence-corrected chi connectivity index (χ0v) is 15.7. The van der Waals surface area contributed by atoms with Crippen molar-refractivity contribution in [1.82, 2.24) is 0 Å². The molecule has 3 rings (SSSR count). The molecule has 0 saturated carbocycles. The maximum Gasteiger partial charge on any atom is 0.255 e. The SMILES string of the molecule is Cc1ccc(C)c(NC(=O)c2ccc(C(=O)Nc3ccccc3C)cc2)c1. The molecule has 136 valence electrons. The fourth-order valence-electron chi connectivity index (χ4n) is 2.75. The summed E-state index contributed by atoms with van der Waals surface area (Å²) in [6.45, 7) is 5.88. The fraction of sp³-hybridized carbons (Fsp3) is 0.130. The van der Waals surface area contributed by atoms with E-state index in [1.54, 1.807) is 24.3 Å². The molecule has 2 amide bonds. The van der Waals surface area contributed by atoms with E-state index < -0.39 is 0 Å². The maximum absolute atomic E-state index is 12.5. The third-order valence-electron chi connectivity index (χ3n) is 4.44. The summed E-state index contributed by atoms with van der Waals surface area (Å²) in [5.74, 6) is -0.402. The summed E-state index contributed by atoms with van der Waals surface area (Å²) in [7, 11) is 0. The van der Waals surface area contributed by atoms with Crippen molar-refractivity contribution in [2.75, 3.05) is 10.6 Å². The molecule has 3 aromatic rings. The van der Waals surface area contributed by atoms with Crippen molar-refractivity contribution < 1.29 is 9.59 Å². The van der Waals surface area contributed by atoms with E-state index in [-0.39, 0.29) is 11.8 Å². The third kappa shape index (κ3) is 4.42. The first kappa shape index (κ1) is 18.4. The first-order valence-electron chi connectivity index (χ1n) is 8.79. The molecule has 2 N–H and O–H groups in total. The van der Waals surface area contributed by atoms with E-state index in [1.807, 2.05) is 63.2 Å². The van der Waals surface area contributed by atoms with Crippen LogP contribution in [0.4, 0.5) is 11.4 Å². The molecule has 0 heterocycles. The van der Waals surface area contributed by atoms with Crippen molar-refractivity contribution in [2.24, 2.45) is 0 Å². The van der Waals surface area contributed by atoms with Crippen LogP contribution in [-0.4, -0.2) is 11.8 Å². The van der Waals surface area contributed by atoms with Gasteiger partial charge in [0.2, 0.25) is 0 Å². The molecule has 0 aliphatic heterocycles. The van der Waals surface area contributed by atoms with Crippen molar-refractivity contribution in [2.45, 2.75) is 20.8 Å². The van der Waals surface area contributed by atoms with Gasteiger partial charge in [-0.15, -0.1) is 0 Å². The van der Waals surface area contributed by atoms with Crippen molar-refractivity contribution >= 4 is 23.2 Å². The Morgan fingerprint density at radius 3 is 1.74 bits per heavy atom. The van der Waals surface area contributed by atoms with Crippen LogP contribution in [-0.2, 0) is 0 Å². The number of benzene rings is 3. The smallest absolute Gasteiger partial charge is 0.255 e. The van der Waals surface area contributed by atoms with Gasteiger partial charge >= 0.3 is 0 Å². The van der Waals surface area contributed by atoms with E-state index in [0.29, 0.717) is 11.1 Å². The number of hydrogen-bond acceptors (Lipinski definition) is 2. The highest BCUT2D eigenvalue weighted by Crippen LogP contribution is 2.18. The minimum atomic E-state index is -0.203. The van der Waals surface area contributed by atoms with Gasteiger partial charge in [-0.2, -0.15) is 0 Å². The third-order valence-corrected chi connectivity index (χ3v) is 4.44. The van der Waals surface area contributed by atoms with Crippen LogP contribution in [0.5, 0.6) is 0 Å². The summed E-state index contributed by atoms with van der Waals surface area (Å²) < 4.78 is 0. The van der Waals surface area contributed by atoms with Crippen LogP contribution < -0.4 is 10.6 Å². The number of aryl methyl sites for hydroxylation is 3. The Morgan fingerprint density at radius 1 is 0.630 bits per heavy atom. The number of rotatable bonds is 4. The van der Waals surface area contributed by atoms with Crippen LogP contribution in [0, 0.1) is 20.8 Å². The second-order valence-corrected chi connectivity index (χ2v) is 6.62. The lowest BCUT2D eigenvalue weighted by molar-refractivity contribution is 0.101. The predicted molar refractivity (Wildman–Crippen MR) is 109 cm³/mol. The number of carbonyl (C=O) groups excluding carboxylic acids is 2. The number of hydrogen-bond donors (Lipinski definition) is 2. The van der Waals surface area contributed by atoms with Gasteiger partial charge < -0.3 is 10.6 Å². The van der Waals surface area contributed by atoms with Crippen LogP contribution in [0.15, 0.2) is 66.7 Å². The minimum absolute atomic E-state index is 0.199. The van der Waals surface area contributed by atoms with Gasteiger partial charge in [-0.05, 0) is 73.9 Å². The molecule has 0 bridgehead atoms. The molecule has 27 heavy (non-hydrogen) atoms. The van der Waals surface area contributed by atoms with Gasteiger partial charge in [0.05, 0.1) is 0 Å². The normalized spacial score (nSPS) is 10.3. The lowest BCUT2D eigenvalue weighted by Crippen LogP contribution is -2.15. The van der Waals surface area contributed by atoms with Crippen LogP contribution in [0.25, 0.3) is 0 Å². The lowest BCUT2D eigenvalue weighted by Gasteiger charge is -2.10. The van der Waals surface area contributed by atoms with E-state index in [1.165, 1.54) is 0 Å². The molecule has 0 aliphatic rings. The largest absolute Gasteiger partial charge is 0.322 e. The van der Waals surface area contributed by atoms with Crippen molar-refractivity contribution in [3.63, 3.8) is 0 Å². The Kier molecular flexibility index (Phi) is 5.36. The molecule has 3 aromatic carbocycles. The second kappa shape index (κ2) is 7.87. The minimum Gasteiger partial charge on any atom is -0.322 e. The van der Waals surface area contributed by atoms with Crippen molar-refractivity contribution in [3.05, 3.63) is 94.5 Å². The monoisotopic (exact) mass is 358 g/mol. The van der Waals surface area contributed by atoms with E-state index in [4.69, 9.17) is 0 Å². The number of anilines is 2. The molecule has 0 aromatic heterocycles. The molecule has 0 unspecified atom stereocenters. The Balaban J connectivity index is 1.71. The molecule has 0 radical (unpaired) electrons. The van der Waals surface area contributed by atoms with Crippen LogP contribution in [0.2, 0.25) is 0 Å². The number of nitrogens with one attached hydrogen (secondary N) is 2. The Bertz CT molecular complexity index is 992. The number of carbonyl (C=O) groups is 2. The van der Waals surface area contributed by atoms with Crippen LogP contribution in [0.3, 0.4) is 0 Å². The van der Waals surface area contributed by atoms with Gasteiger partial charge in [-0.25, -0.2) is 0 Å². The molecular formula is C23H22N2O2. The highest BCUT2D eigenvalue weighted by Gasteiger charge is 2.11. The van der Waals surface area contributed by atoms with Gasteiger partial charge in [-0.1, -0.05) is 30.3 Å². The number of para-hydroxylation sites is 1. The molecule has 4 heteroatoms. The van der Waals surface area contributed by atoms with Crippen LogP contribution >= 0.6 is 0 Å². The molecule has 0 aliphatic carbocycles.